The third kappa shape index (κ3) is 4.31. The van der Waals surface area contributed by atoms with Crippen molar-refractivity contribution in [3.8, 4) is 0 Å². The third-order valence-electron chi connectivity index (χ3n) is 3.09. The van der Waals surface area contributed by atoms with Crippen molar-refractivity contribution in [3.05, 3.63) is 11.4 Å². The van der Waals surface area contributed by atoms with E-state index in [0.29, 0.717) is 12.4 Å². The molecule has 1 aromatic rings. The summed E-state index contributed by atoms with van der Waals surface area (Å²) in [6, 6.07) is 0.266. The highest BCUT2D eigenvalue weighted by molar-refractivity contribution is 5.57. The summed E-state index contributed by atoms with van der Waals surface area (Å²) >= 11 is 0. The highest BCUT2D eigenvalue weighted by Gasteiger charge is 2.21. The fourth-order valence-electron chi connectivity index (χ4n) is 1.73. The van der Waals surface area contributed by atoms with Crippen LogP contribution in [-0.2, 0) is 10.2 Å². The number of aromatic nitrogens is 2. The molecule has 0 aliphatic heterocycles. The van der Waals surface area contributed by atoms with E-state index >= 15 is 0 Å². The van der Waals surface area contributed by atoms with Gasteiger partial charge >= 0.3 is 0 Å². The third-order valence-corrected chi connectivity index (χ3v) is 3.09. The van der Waals surface area contributed by atoms with Crippen LogP contribution in [-0.4, -0.2) is 29.7 Å². The Morgan fingerprint density at radius 2 is 1.85 bits per heavy atom. The quantitative estimate of drug-likeness (QED) is 0.547. The van der Waals surface area contributed by atoms with Gasteiger partial charge in [-0.05, 0) is 20.3 Å². The Hall–Kier alpha value is -1.40. The summed E-state index contributed by atoms with van der Waals surface area (Å²) in [5, 5.41) is 3.41. The molecule has 0 bridgehead atoms. The Labute approximate surface area is 121 Å². The molecule has 1 atom stereocenters. The normalized spacial score (nSPS) is 13.2. The molecular formula is C14H27N5O. The van der Waals surface area contributed by atoms with Gasteiger partial charge in [-0.1, -0.05) is 20.8 Å². The minimum Gasteiger partial charge on any atom is -0.385 e. The number of methoxy groups -OCH3 is 1. The van der Waals surface area contributed by atoms with Crippen molar-refractivity contribution in [1.29, 1.82) is 0 Å². The SMILES string of the molecule is COCCC(C)Nc1nc(C(C)(C)C)nc(NN)c1C. The van der Waals surface area contributed by atoms with E-state index in [2.05, 4.69) is 48.4 Å². The van der Waals surface area contributed by atoms with Gasteiger partial charge in [0.2, 0.25) is 0 Å². The topological polar surface area (TPSA) is 85.1 Å². The molecule has 0 amide bonds. The maximum absolute atomic E-state index is 5.55. The van der Waals surface area contributed by atoms with Crippen molar-refractivity contribution in [3.63, 3.8) is 0 Å². The number of nitrogens with two attached hydrogens (primary N) is 1. The average Bonchev–Trinajstić information content (AvgIpc) is 2.37. The van der Waals surface area contributed by atoms with Gasteiger partial charge in [0.1, 0.15) is 17.5 Å². The standard InChI is InChI=1S/C14H27N5O/c1-9(7-8-20-6)16-11-10(2)12(19-15)18-13(17-11)14(3,4)5/h9H,7-8,15H2,1-6H3,(H2,16,17,18,19). The van der Waals surface area contributed by atoms with Gasteiger partial charge in [-0.3, -0.25) is 0 Å². The molecule has 0 fully saturated rings. The number of hydrogen-bond donors (Lipinski definition) is 3. The first-order valence-corrected chi connectivity index (χ1v) is 6.90. The molecule has 0 aliphatic carbocycles. The van der Waals surface area contributed by atoms with E-state index in [4.69, 9.17) is 10.6 Å². The number of hydrazine groups is 1. The first kappa shape index (κ1) is 16.7. The maximum Gasteiger partial charge on any atom is 0.148 e. The van der Waals surface area contributed by atoms with Gasteiger partial charge in [0.25, 0.3) is 0 Å². The molecule has 20 heavy (non-hydrogen) atoms. The number of ether oxygens (including phenoxy) is 1. The first-order valence-electron chi connectivity index (χ1n) is 6.90. The van der Waals surface area contributed by atoms with Gasteiger partial charge in [-0.15, -0.1) is 0 Å². The number of nitrogens with zero attached hydrogens (tertiary/aromatic N) is 2. The molecular weight excluding hydrogens is 254 g/mol. The minimum atomic E-state index is -0.133. The largest absolute Gasteiger partial charge is 0.385 e. The summed E-state index contributed by atoms with van der Waals surface area (Å²) in [6.45, 7) is 11.0. The van der Waals surface area contributed by atoms with Crippen LogP contribution in [0.2, 0.25) is 0 Å². The molecule has 1 heterocycles. The van der Waals surface area contributed by atoms with E-state index in [9.17, 15) is 0 Å². The second kappa shape index (κ2) is 6.85. The fourth-order valence-corrected chi connectivity index (χ4v) is 1.73. The molecule has 0 aliphatic rings. The van der Waals surface area contributed by atoms with Gasteiger partial charge in [0.05, 0.1) is 0 Å². The van der Waals surface area contributed by atoms with Gasteiger partial charge in [-0.25, -0.2) is 15.8 Å². The zero-order valence-electron chi connectivity index (χ0n) is 13.4. The van der Waals surface area contributed by atoms with E-state index < -0.39 is 0 Å². The summed E-state index contributed by atoms with van der Waals surface area (Å²) < 4.78 is 5.10. The fraction of sp³-hybridized carbons (Fsp3) is 0.714. The van der Waals surface area contributed by atoms with Gasteiger partial charge in [0.15, 0.2) is 0 Å². The Morgan fingerprint density at radius 1 is 1.25 bits per heavy atom. The summed E-state index contributed by atoms with van der Waals surface area (Å²) in [5.41, 5.74) is 3.44. The zero-order chi connectivity index (χ0) is 15.3. The van der Waals surface area contributed by atoms with Crippen molar-refractivity contribution in [2.24, 2.45) is 5.84 Å². The Kier molecular flexibility index (Phi) is 5.71. The van der Waals surface area contributed by atoms with Crippen LogP contribution in [0.5, 0.6) is 0 Å². The Bertz CT molecular complexity index is 442. The van der Waals surface area contributed by atoms with Crippen molar-refractivity contribution in [2.75, 3.05) is 24.5 Å². The number of anilines is 2. The molecule has 1 unspecified atom stereocenters. The molecule has 0 saturated carbocycles. The lowest BCUT2D eigenvalue weighted by atomic mass is 9.95. The van der Waals surface area contributed by atoms with Crippen LogP contribution in [0.3, 0.4) is 0 Å². The van der Waals surface area contributed by atoms with Gasteiger partial charge in [-0.2, -0.15) is 0 Å². The summed E-state index contributed by atoms with van der Waals surface area (Å²) in [4.78, 5) is 9.12. The van der Waals surface area contributed by atoms with Gasteiger partial charge in [0, 0.05) is 30.7 Å². The molecule has 0 saturated heterocycles. The van der Waals surface area contributed by atoms with Gasteiger partial charge < -0.3 is 15.5 Å². The molecule has 114 valence electrons. The van der Waals surface area contributed by atoms with Crippen molar-refractivity contribution >= 4 is 11.6 Å². The monoisotopic (exact) mass is 281 g/mol. The molecule has 1 aromatic heterocycles. The van der Waals surface area contributed by atoms with E-state index in [-0.39, 0.29) is 11.5 Å². The van der Waals surface area contributed by atoms with E-state index in [1.54, 1.807) is 7.11 Å². The first-order chi connectivity index (χ1) is 9.29. The highest BCUT2D eigenvalue weighted by Crippen LogP contribution is 2.26. The van der Waals surface area contributed by atoms with Crippen molar-refractivity contribution < 1.29 is 4.74 Å². The molecule has 0 aromatic carbocycles. The highest BCUT2D eigenvalue weighted by atomic mass is 16.5. The summed E-state index contributed by atoms with van der Waals surface area (Å²) in [6.07, 6.45) is 0.913. The molecule has 6 nitrogen and oxygen atoms in total. The molecule has 0 radical (unpaired) electrons. The maximum atomic E-state index is 5.55. The molecule has 6 heteroatoms. The Balaban J connectivity index is 3.05. The summed E-state index contributed by atoms with van der Waals surface area (Å²) in [7, 11) is 1.71. The smallest absolute Gasteiger partial charge is 0.148 e. The van der Waals surface area contributed by atoms with E-state index in [1.807, 2.05) is 6.92 Å². The van der Waals surface area contributed by atoms with Crippen LogP contribution < -0.4 is 16.6 Å². The van der Waals surface area contributed by atoms with Crippen LogP contribution >= 0.6 is 0 Å². The second-order valence-corrected chi connectivity index (χ2v) is 6.09. The van der Waals surface area contributed by atoms with E-state index in [0.717, 1.165) is 23.6 Å². The average molecular weight is 281 g/mol. The van der Waals surface area contributed by atoms with Crippen LogP contribution in [0, 0.1) is 6.92 Å². The van der Waals surface area contributed by atoms with Crippen LogP contribution in [0.15, 0.2) is 0 Å². The van der Waals surface area contributed by atoms with Crippen molar-refractivity contribution in [2.45, 2.75) is 52.5 Å². The Morgan fingerprint density at radius 3 is 2.35 bits per heavy atom. The van der Waals surface area contributed by atoms with E-state index in [1.165, 1.54) is 0 Å². The molecule has 1 rings (SSSR count). The number of hydrogen-bond acceptors (Lipinski definition) is 6. The number of nitrogen functional groups attached to an aromatic ring is 1. The lowest BCUT2D eigenvalue weighted by Gasteiger charge is -2.22. The number of rotatable bonds is 6. The van der Waals surface area contributed by atoms with Crippen LogP contribution in [0.4, 0.5) is 11.6 Å². The van der Waals surface area contributed by atoms with Crippen molar-refractivity contribution in [1.82, 2.24) is 9.97 Å². The lowest BCUT2D eigenvalue weighted by molar-refractivity contribution is 0.191. The van der Waals surface area contributed by atoms with Crippen LogP contribution in [0.25, 0.3) is 0 Å². The predicted molar refractivity (Wildman–Crippen MR) is 82.9 cm³/mol. The summed E-state index contributed by atoms with van der Waals surface area (Å²) in [5.74, 6) is 7.80. The predicted octanol–water partition coefficient (Wildman–Crippen LogP) is 2.21. The molecule has 0 spiro atoms. The van der Waals surface area contributed by atoms with Crippen LogP contribution in [0.1, 0.15) is 45.5 Å². The number of nitrogens with one attached hydrogen (secondary N) is 2. The minimum absolute atomic E-state index is 0.133. The molecule has 4 N–H and O–H groups in total. The second-order valence-electron chi connectivity index (χ2n) is 6.09. The lowest BCUT2D eigenvalue weighted by Crippen LogP contribution is -2.24. The zero-order valence-corrected chi connectivity index (χ0v) is 13.4.